The van der Waals surface area contributed by atoms with Crippen molar-refractivity contribution in [3.8, 4) is 0 Å². The van der Waals surface area contributed by atoms with Gasteiger partial charge in [0.15, 0.2) is 12.2 Å². The summed E-state index contributed by atoms with van der Waals surface area (Å²) in [5.41, 5.74) is 0. The summed E-state index contributed by atoms with van der Waals surface area (Å²) in [7, 11) is -9.92. The number of carbonyl (C=O) groups is 4. The fourth-order valence-corrected chi connectivity index (χ4v) is 14.0. The van der Waals surface area contributed by atoms with Crippen molar-refractivity contribution in [1.82, 2.24) is 0 Å². The number of rotatable bonds is 78. The van der Waals surface area contributed by atoms with Crippen LogP contribution in [-0.4, -0.2) is 96.7 Å². The predicted molar refractivity (Wildman–Crippen MR) is 409 cm³/mol. The van der Waals surface area contributed by atoms with Crippen molar-refractivity contribution < 1.29 is 80.2 Å². The van der Waals surface area contributed by atoms with E-state index < -0.39 is 97.5 Å². The van der Waals surface area contributed by atoms with E-state index in [9.17, 15) is 43.2 Å². The summed E-state index contributed by atoms with van der Waals surface area (Å²) in [6, 6.07) is 0. The predicted octanol–water partition coefficient (Wildman–Crippen LogP) is 24.0. The summed E-state index contributed by atoms with van der Waals surface area (Å²) < 4.78 is 68.6. The van der Waals surface area contributed by atoms with Gasteiger partial charge < -0.3 is 33.8 Å². The third kappa shape index (κ3) is 74.3. The van der Waals surface area contributed by atoms with Crippen molar-refractivity contribution in [2.24, 2.45) is 23.7 Å². The summed E-state index contributed by atoms with van der Waals surface area (Å²) in [6.07, 6.45) is 57.2. The van der Waals surface area contributed by atoms with Gasteiger partial charge in [0.25, 0.3) is 0 Å². The quantitative estimate of drug-likeness (QED) is 0.0222. The Morgan fingerprint density at radius 1 is 0.250 bits per heavy atom. The van der Waals surface area contributed by atoms with Crippen LogP contribution >= 0.6 is 15.6 Å². The van der Waals surface area contributed by atoms with E-state index in [0.29, 0.717) is 31.6 Å². The first-order valence-electron chi connectivity index (χ1n) is 41.7. The first-order valence-corrected chi connectivity index (χ1v) is 44.7. The maximum atomic E-state index is 13.1. The zero-order valence-electron chi connectivity index (χ0n) is 65.8. The van der Waals surface area contributed by atoms with Gasteiger partial charge in [0.1, 0.15) is 19.3 Å². The van der Waals surface area contributed by atoms with E-state index in [1.807, 2.05) is 0 Å². The first-order chi connectivity index (χ1) is 48.1. The Hall–Kier alpha value is -1.94. The number of esters is 4. The van der Waals surface area contributed by atoms with Crippen LogP contribution in [0.25, 0.3) is 0 Å². The minimum Gasteiger partial charge on any atom is -0.462 e. The van der Waals surface area contributed by atoms with Gasteiger partial charge in [0.2, 0.25) is 0 Å². The van der Waals surface area contributed by atoms with Gasteiger partial charge in [-0.1, -0.05) is 364 Å². The zero-order valence-corrected chi connectivity index (χ0v) is 67.6. The lowest BCUT2D eigenvalue weighted by Crippen LogP contribution is -2.30. The number of phosphoric acid groups is 2. The van der Waals surface area contributed by atoms with E-state index in [2.05, 4.69) is 55.4 Å². The normalized spacial score (nSPS) is 14.0. The molecule has 594 valence electrons. The van der Waals surface area contributed by atoms with Crippen LogP contribution < -0.4 is 0 Å². The Morgan fingerprint density at radius 2 is 0.420 bits per heavy atom. The van der Waals surface area contributed by atoms with E-state index in [1.54, 1.807) is 0 Å². The van der Waals surface area contributed by atoms with Crippen LogP contribution in [0.4, 0.5) is 0 Å². The monoisotopic (exact) mass is 1470 g/mol. The smallest absolute Gasteiger partial charge is 0.462 e. The van der Waals surface area contributed by atoms with E-state index in [1.165, 1.54) is 218 Å². The Kier molecular flexibility index (Phi) is 68.7. The highest BCUT2D eigenvalue weighted by molar-refractivity contribution is 7.47. The molecule has 0 rings (SSSR count). The topological polar surface area (TPSA) is 237 Å². The number of aliphatic hydroxyl groups excluding tert-OH is 1. The highest BCUT2D eigenvalue weighted by atomic mass is 31.2. The van der Waals surface area contributed by atoms with E-state index in [4.69, 9.17) is 37.0 Å². The average Bonchev–Trinajstić information content (AvgIpc) is 1.10. The van der Waals surface area contributed by atoms with Crippen molar-refractivity contribution in [2.45, 2.75) is 433 Å². The van der Waals surface area contributed by atoms with Crippen molar-refractivity contribution in [2.75, 3.05) is 39.6 Å². The second kappa shape index (κ2) is 70.1. The number of aliphatic hydroxyl groups is 1. The molecule has 0 saturated heterocycles. The summed E-state index contributed by atoms with van der Waals surface area (Å²) >= 11 is 0. The number of phosphoric ester groups is 2. The second-order valence-corrected chi connectivity index (χ2v) is 34.0. The number of carbonyl (C=O) groups excluding carboxylic acids is 4. The average molecular weight is 1470 g/mol. The van der Waals surface area contributed by atoms with Gasteiger partial charge in [-0.15, -0.1) is 0 Å². The molecule has 0 aromatic heterocycles. The van der Waals surface area contributed by atoms with Crippen LogP contribution in [0.5, 0.6) is 0 Å². The molecule has 17 nitrogen and oxygen atoms in total. The molecule has 100 heavy (non-hydrogen) atoms. The lowest BCUT2D eigenvalue weighted by Gasteiger charge is -2.21. The molecular weight excluding hydrogens is 1310 g/mol. The van der Waals surface area contributed by atoms with Gasteiger partial charge in [-0.3, -0.25) is 37.3 Å². The summed E-state index contributed by atoms with van der Waals surface area (Å²) in [5, 5.41) is 10.6. The highest BCUT2D eigenvalue weighted by Gasteiger charge is 2.30. The molecule has 0 spiro atoms. The molecule has 0 aliphatic rings. The summed E-state index contributed by atoms with van der Waals surface area (Å²) in [4.78, 5) is 72.9. The molecule has 0 fully saturated rings. The lowest BCUT2D eigenvalue weighted by atomic mass is 10.0. The molecule has 0 bridgehead atoms. The zero-order chi connectivity index (χ0) is 73.8. The van der Waals surface area contributed by atoms with Gasteiger partial charge in [-0.05, 0) is 49.4 Å². The summed E-state index contributed by atoms with van der Waals surface area (Å²) in [6.45, 7) is 14.2. The first kappa shape index (κ1) is 98.1. The molecule has 19 heteroatoms. The maximum absolute atomic E-state index is 13.1. The Bertz CT molecular complexity index is 1950. The molecule has 0 radical (unpaired) electrons. The lowest BCUT2D eigenvalue weighted by molar-refractivity contribution is -0.161. The van der Waals surface area contributed by atoms with Crippen LogP contribution in [0, 0.1) is 23.7 Å². The molecular formula is C81H158O17P2. The van der Waals surface area contributed by atoms with Crippen molar-refractivity contribution in [3.63, 3.8) is 0 Å². The standard InChI is InChI=1S/C81H158O17P2/c1-71(2)57-49-41-33-26-22-18-14-11-9-10-12-16-21-25-29-39-47-55-63-80(85)97-76(67-91-78(83)61-53-45-37-28-24-20-17-13-15-19-23-27-34-42-50-58-72(3)4)69-95-99(87,88)93-65-75(82)66-94-100(89,90)96-70-77(98-81(86)64-56-48-40-32-36-44-52-60-74(7)8)68-92-79(84)62-54-46-38-31-30-35-43-51-59-73(5)6/h71-77,82H,9-70H2,1-8H3,(H,87,88)(H,89,90)/t75?,76-,77-/m1/s1. The largest absolute Gasteiger partial charge is 0.472 e. The number of hydrogen-bond acceptors (Lipinski definition) is 15. The molecule has 0 aromatic carbocycles. The molecule has 0 aliphatic heterocycles. The van der Waals surface area contributed by atoms with Crippen LogP contribution in [0.3, 0.4) is 0 Å². The molecule has 3 unspecified atom stereocenters. The summed E-state index contributed by atoms with van der Waals surface area (Å²) in [5.74, 6) is 0.931. The van der Waals surface area contributed by atoms with Crippen molar-refractivity contribution in [1.29, 1.82) is 0 Å². The molecule has 0 aliphatic carbocycles. The van der Waals surface area contributed by atoms with Crippen molar-refractivity contribution in [3.05, 3.63) is 0 Å². The van der Waals surface area contributed by atoms with Gasteiger partial charge in [0.05, 0.1) is 26.4 Å². The van der Waals surface area contributed by atoms with Crippen LogP contribution in [0.1, 0.15) is 415 Å². The van der Waals surface area contributed by atoms with Crippen LogP contribution in [-0.2, 0) is 65.4 Å². The molecule has 0 aromatic rings. The number of hydrogen-bond donors (Lipinski definition) is 3. The SMILES string of the molecule is CC(C)CCCCCCCCCCCCCCCCCCCCC(=O)O[C@H](COC(=O)CCCCCCCCCCCCCCCCCC(C)C)COP(=O)(O)OCC(O)COP(=O)(O)OC[C@@H](COC(=O)CCCCCCCCCCC(C)C)OC(=O)CCCCCCCCCC(C)C. The van der Waals surface area contributed by atoms with E-state index >= 15 is 0 Å². The van der Waals surface area contributed by atoms with Gasteiger partial charge in [-0.25, -0.2) is 9.13 Å². The number of ether oxygens (including phenoxy) is 4. The Morgan fingerprint density at radius 3 is 0.620 bits per heavy atom. The van der Waals surface area contributed by atoms with Crippen LogP contribution in [0.15, 0.2) is 0 Å². The van der Waals surface area contributed by atoms with Crippen LogP contribution in [0.2, 0.25) is 0 Å². The number of unbranched alkanes of at least 4 members (excludes halogenated alkanes) is 44. The van der Waals surface area contributed by atoms with E-state index in [0.717, 1.165) is 108 Å². The molecule has 0 saturated carbocycles. The second-order valence-electron chi connectivity index (χ2n) is 31.1. The van der Waals surface area contributed by atoms with Gasteiger partial charge in [0, 0.05) is 25.7 Å². The Balaban J connectivity index is 5.21. The third-order valence-electron chi connectivity index (χ3n) is 18.8. The molecule has 5 atom stereocenters. The van der Waals surface area contributed by atoms with Gasteiger partial charge in [-0.2, -0.15) is 0 Å². The molecule has 0 amide bonds. The van der Waals surface area contributed by atoms with Crippen molar-refractivity contribution >= 4 is 39.5 Å². The van der Waals surface area contributed by atoms with Gasteiger partial charge >= 0.3 is 39.5 Å². The molecule has 0 heterocycles. The fraction of sp³-hybridized carbons (Fsp3) is 0.951. The molecule has 3 N–H and O–H groups in total. The highest BCUT2D eigenvalue weighted by Crippen LogP contribution is 2.45. The minimum atomic E-state index is -4.96. The fourth-order valence-electron chi connectivity index (χ4n) is 12.4. The van der Waals surface area contributed by atoms with E-state index in [-0.39, 0.29) is 25.7 Å². The third-order valence-corrected chi connectivity index (χ3v) is 20.7. The maximum Gasteiger partial charge on any atom is 0.472 e. The Labute approximate surface area is 613 Å². The minimum absolute atomic E-state index is 0.103.